The van der Waals surface area contributed by atoms with Crippen LogP contribution in [-0.2, 0) is 6.54 Å². The molecule has 0 aliphatic rings. The van der Waals surface area contributed by atoms with Crippen molar-refractivity contribution in [3.05, 3.63) is 78.0 Å². The molecule has 3 aromatic rings. The Morgan fingerprint density at radius 2 is 1.88 bits per heavy atom. The minimum absolute atomic E-state index is 0.0677. The fourth-order valence-corrected chi connectivity index (χ4v) is 2.07. The quantitative estimate of drug-likeness (QED) is 0.746. The van der Waals surface area contributed by atoms with Crippen molar-refractivity contribution >= 4 is 17.4 Å². The summed E-state index contributed by atoms with van der Waals surface area (Å²) in [4.78, 5) is 23.9. The first kappa shape index (κ1) is 16.4. The van der Waals surface area contributed by atoms with Crippen molar-refractivity contribution in [2.75, 3.05) is 5.32 Å². The van der Waals surface area contributed by atoms with E-state index in [9.17, 15) is 13.6 Å². The van der Waals surface area contributed by atoms with Crippen LogP contribution in [-0.4, -0.2) is 20.9 Å². The largest absolute Gasteiger partial charge is 0.347 e. The first-order chi connectivity index (χ1) is 12.1. The van der Waals surface area contributed by atoms with E-state index in [1.165, 1.54) is 12.1 Å². The molecule has 0 aliphatic carbocycles. The normalized spacial score (nSPS) is 10.3. The van der Waals surface area contributed by atoms with Crippen LogP contribution in [0.3, 0.4) is 0 Å². The summed E-state index contributed by atoms with van der Waals surface area (Å²) in [5, 5.41) is 5.20. The van der Waals surface area contributed by atoms with E-state index in [1.807, 2.05) is 6.07 Å². The Balaban J connectivity index is 1.72. The van der Waals surface area contributed by atoms with Gasteiger partial charge in [-0.2, -0.15) is 0 Å². The molecule has 6 nitrogen and oxygen atoms in total. The fraction of sp³-hybridized carbons (Fsp3) is 0.0588. The van der Waals surface area contributed by atoms with Crippen LogP contribution in [0.2, 0.25) is 0 Å². The molecule has 0 spiro atoms. The number of nitrogens with zero attached hydrogens (tertiary/aromatic N) is 3. The van der Waals surface area contributed by atoms with Gasteiger partial charge in [0.05, 0.1) is 0 Å². The van der Waals surface area contributed by atoms with Crippen LogP contribution in [0, 0.1) is 11.6 Å². The lowest BCUT2D eigenvalue weighted by Crippen LogP contribution is -2.24. The molecule has 0 saturated heterocycles. The third-order valence-electron chi connectivity index (χ3n) is 3.29. The minimum Gasteiger partial charge on any atom is -0.347 e. The lowest BCUT2D eigenvalue weighted by molar-refractivity contribution is 0.0945. The summed E-state index contributed by atoms with van der Waals surface area (Å²) < 4.78 is 27.3. The Morgan fingerprint density at radius 3 is 2.60 bits per heavy atom. The highest BCUT2D eigenvalue weighted by Crippen LogP contribution is 2.21. The van der Waals surface area contributed by atoms with Gasteiger partial charge in [-0.1, -0.05) is 12.1 Å². The monoisotopic (exact) mass is 341 g/mol. The molecule has 0 unspecified atom stereocenters. The Bertz CT molecular complexity index is 869. The van der Waals surface area contributed by atoms with Gasteiger partial charge in [0, 0.05) is 25.0 Å². The number of carbonyl (C=O) groups is 1. The molecule has 0 fully saturated rings. The maximum atomic E-state index is 13.7. The van der Waals surface area contributed by atoms with Gasteiger partial charge in [-0.3, -0.25) is 9.78 Å². The van der Waals surface area contributed by atoms with Gasteiger partial charge in [-0.05, 0) is 23.8 Å². The molecule has 126 valence electrons. The third-order valence-corrected chi connectivity index (χ3v) is 3.29. The molecular formula is C17H13F2N5O. The molecule has 8 heteroatoms. The predicted octanol–water partition coefficient (Wildman–Crippen LogP) is 2.82. The number of hydrogen-bond acceptors (Lipinski definition) is 5. The Morgan fingerprint density at radius 1 is 1.08 bits per heavy atom. The Kier molecular flexibility index (Phi) is 4.89. The molecule has 0 radical (unpaired) electrons. The number of benzene rings is 1. The van der Waals surface area contributed by atoms with E-state index in [4.69, 9.17) is 0 Å². The number of rotatable bonds is 5. The van der Waals surface area contributed by atoms with E-state index in [0.717, 1.165) is 24.0 Å². The van der Waals surface area contributed by atoms with Crippen LogP contribution < -0.4 is 10.6 Å². The number of hydrogen-bond donors (Lipinski definition) is 2. The SMILES string of the molecule is O=C(NCc1cccnc1)c1cc(Nc2c(F)cccc2F)ncn1. The molecule has 2 N–H and O–H groups in total. The zero-order valence-corrected chi connectivity index (χ0v) is 12.9. The molecule has 2 heterocycles. The summed E-state index contributed by atoms with van der Waals surface area (Å²) in [6, 6.07) is 8.39. The van der Waals surface area contributed by atoms with E-state index < -0.39 is 17.5 Å². The lowest BCUT2D eigenvalue weighted by Gasteiger charge is -2.09. The Hall–Kier alpha value is -3.42. The second kappa shape index (κ2) is 7.43. The second-order valence-corrected chi connectivity index (χ2v) is 5.05. The van der Waals surface area contributed by atoms with Crippen molar-refractivity contribution in [1.82, 2.24) is 20.3 Å². The number of aromatic nitrogens is 3. The van der Waals surface area contributed by atoms with Crippen molar-refractivity contribution in [2.24, 2.45) is 0 Å². The van der Waals surface area contributed by atoms with Gasteiger partial charge in [-0.15, -0.1) is 0 Å². The van der Waals surface area contributed by atoms with E-state index in [2.05, 4.69) is 25.6 Å². The molecule has 3 rings (SSSR count). The van der Waals surface area contributed by atoms with Crippen LogP contribution >= 0.6 is 0 Å². The van der Waals surface area contributed by atoms with Crippen molar-refractivity contribution in [2.45, 2.75) is 6.54 Å². The van der Waals surface area contributed by atoms with Crippen LogP contribution in [0.4, 0.5) is 20.3 Å². The maximum Gasteiger partial charge on any atom is 0.270 e. The van der Waals surface area contributed by atoms with Gasteiger partial charge in [0.15, 0.2) is 0 Å². The van der Waals surface area contributed by atoms with Crippen LogP contribution in [0.25, 0.3) is 0 Å². The summed E-state index contributed by atoms with van der Waals surface area (Å²) in [5.74, 6) is -1.86. The number of halogens is 2. The first-order valence-electron chi connectivity index (χ1n) is 7.33. The highest BCUT2D eigenvalue weighted by molar-refractivity contribution is 5.92. The molecule has 25 heavy (non-hydrogen) atoms. The summed E-state index contributed by atoms with van der Waals surface area (Å²) >= 11 is 0. The van der Waals surface area contributed by atoms with Gasteiger partial charge < -0.3 is 10.6 Å². The summed E-state index contributed by atoms with van der Waals surface area (Å²) in [5.41, 5.74) is 0.553. The molecule has 2 aromatic heterocycles. The van der Waals surface area contributed by atoms with Crippen LogP contribution in [0.15, 0.2) is 55.1 Å². The van der Waals surface area contributed by atoms with Gasteiger partial charge in [-0.25, -0.2) is 18.7 Å². The van der Waals surface area contributed by atoms with E-state index in [0.29, 0.717) is 0 Å². The fourth-order valence-electron chi connectivity index (χ4n) is 2.07. The van der Waals surface area contributed by atoms with Gasteiger partial charge in [0.25, 0.3) is 5.91 Å². The number of nitrogens with one attached hydrogen (secondary N) is 2. The van der Waals surface area contributed by atoms with Gasteiger partial charge >= 0.3 is 0 Å². The van der Waals surface area contributed by atoms with E-state index in [1.54, 1.807) is 18.5 Å². The maximum absolute atomic E-state index is 13.7. The topological polar surface area (TPSA) is 79.8 Å². The van der Waals surface area contributed by atoms with Gasteiger partial charge in [0.1, 0.15) is 35.2 Å². The van der Waals surface area contributed by atoms with Crippen molar-refractivity contribution in [3.63, 3.8) is 0 Å². The molecular weight excluding hydrogens is 328 g/mol. The number of carbonyl (C=O) groups excluding carboxylic acids is 1. The van der Waals surface area contributed by atoms with Gasteiger partial charge in [0.2, 0.25) is 0 Å². The number of anilines is 2. The Labute approximate surface area is 142 Å². The third kappa shape index (κ3) is 4.11. The minimum atomic E-state index is -0.763. The zero-order chi connectivity index (χ0) is 17.6. The smallest absolute Gasteiger partial charge is 0.270 e. The first-order valence-corrected chi connectivity index (χ1v) is 7.33. The average Bonchev–Trinajstić information content (AvgIpc) is 2.64. The zero-order valence-electron chi connectivity index (χ0n) is 12.9. The summed E-state index contributed by atoms with van der Waals surface area (Å²) in [7, 11) is 0. The van der Waals surface area contributed by atoms with Crippen molar-refractivity contribution < 1.29 is 13.6 Å². The molecule has 0 aliphatic heterocycles. The number of pyridine rings is 1. The molecule has 1 aromatic carbocycles. The highest BCUT2D eigenvalue weighted by atomic mass is 19.1. The number of para-hydroxylation sites is 1. The van der Waals surface area contributed by atoms with Crippen LogP contribution in [0.5, 0.6) is 0 Å². The second-order valence-electron chi connectivity index (χ2n) is 5.05. The van der Waals surface area contributed by atoms with Crippen molar-refractivity contribution in [3.8, 4) is 0 Å². The molecule has 1 amide bonds. The molecule has 0 bridgehead atoms. The molecule has 0 atom stereocenters. The summed E-state index contributed by atoms with van der Waals surface area (Å²) in [6.07, 6.45) is 4.41. The number of amides is 1. The summed E-state index contributed by atoms with van der Waals surface area (Å²) in [6.45, 7) is 0.279. The van der Waals surface area contributed by atoms with Crippen molar-refractivity contribution in [1.29, 1.82) is 0 Å². The van der Waals surface area contributed by atoms with E-state index >= 15 is 0 Å². The average molecular weight is 341 g/mol. The lowest BCUT2D eigenvalue weighted by atomic mass is 10.2. The standard InChI is InChI=1S/C17H13F2N5O/c18-12-4-1-5-13(19)16(12)24-15-7-14(22-10-23-15)17(25)21-9-11-3-2-6-20-8-11/h1-8,10H,9H2,(H,21,25)(H,22,23,24). The highest BCUT2D eigenvalue weighted by Gasteiger charge is 2.12. The van der Waals surface area contributed by atoms with E-state index in [-0.39, 0.29) is 23.7 Å². The molecule has 0 saturated carbocycles. The van der Waals surface area contributed by atoms with Crippen LogP contribution in [0.1, 0.15) is 16.1 Å². The predicted molar refractivity (Wildman–Crippen MR) is 87.1 cm³/mol.